The molecule has 0 radical (unpaired) electrons. The molecule has 1 fully saturated rings. The van der Waals surface area contributed by atoms with Crippen LogP contribution in [0.4, 0.5) is 4.79 Å². The third-order valence-corrected chi connectivity index (χ3v) is 2.86. The Kier molecular flexibility index (Phi) is 4.73. The molecule has 4 heteroatoms. The summed E-state index contributed by atoms with van der Waals surface area (Å²) in [6.45, 7) is 5.25. The second kappa shape index (κ2) is 5.86. The molecule has 0 aromatic carbocycles. The molecule has 1 saturated heterocycles. The van der Waals surface area contributed by atoms with Gasteiger partial charge in [0, 0.05) is 19.1 Å². The average Bonchev–Trinajstić information content (AvgIpc) is 2.15. The lowest BCUT2D eigenvalue weighted by Gasteiger charge is -2.33. The van der Waals surface area contributed by atoms with E-state index in [4.69, 9.17) is 5.73 Å². The summed E-state index contributed by atoms with van der Waals surface area (Å²) in [7, 11) is 0. The number of carbonyl (C=O) groups excluding carboxylic acids is 1. The monoisotopic (exact) mass is 199 g/mol. The fourth-order valence-electron chi connectivity index (χ4n) is 1.98. The topological polar surface area (TPSA) is 58.4 Å². The molecule has 2 amide bonds. The first-order valence-corrected chi connectivity index (χ1v) is 5.47. The molecule has 14 heavy (non-hydrogen) atoms. The minimum Gasteiger partial charge on any atom is -0.352 e. The van der Waals surface area contributed by atoms with Gasteiger partial charge in [0.05, 0.1) is 0 Å². The van der Waals surface area contributed by atoms with Crippen molar-refractivity contribution < 1.29 is 4.79 Å². The molecular weight excluding hydrogens is 178 g/mol. The van der Waals surface area contributed by atoms with Gasteiger partial charge >= 0.3 is 6.03 Å². The van der Waals surface area contributed by atoms with E-state index in [1.807, 2.05) is 0 Å². The number of urea groups is 1. The van der Waals surface area contributed by atoms with Gasteiger partial charge in [-0.05, 0) is 32.7 Å². The van der Waals surface area contributed by atoms with Crippen LogP contribution in [0.15, 0.2) is 0 Å². The van der Waals surface area contributed by atoms with Crippen molar-refractivity contribution in [1.29, 1.82) is 0 Å². The molecule has 1 unspecified atom stereocenters. The third-order valence-electron chi connectivity index (χ3n) is 2.86. The molecule has 82 valence electrons. The fourth-order valence-corrected chi connectivity index (χ4v) is 1.98. The molecule has 3 N–H and O–H groups in total. The van der Waals surface area contributed by atoms with Gasteiger partial charge in [-0.2, -0.15) is 0 Å². The number of carbonyl (C=O) groups is 1. The number of rotatable bonds is 4. The molecule has 0 spiro atoms. The first kappa shape index (κ1) is 11.3. The van der Waals surface area contributed by atoms with Crippen molar-refractivity contribution in [2.75, 3.05) is 19.6 Å². The maximum atomic E-state index is 10.4. The second-order valence-electron chi connectivity index (χ2n) is 4.03. The molecule has 1 aliphatic heterocycles. The Morgan fingerprint density at radius 1 is 1.57 bits per heavy atom. The van der Waals surface area contributed by atoms with Crippen LogP contribution in [-0.4, -0.2) is 36.6 Å². The van der Waals surface area contributed by atoms with E-state index in [9.17, 15) is 4.79 Å². The Morgan fingerprint density at radius 3 is 3.00 bits per heavy atom. The van der Waals surface area contributed by atoms with Crippen molar-refractivity contribution in [3.8, 4) is 0 Å². The molecule has 1 heterocycles. The standard InChI is InChI=1S/C10H21N3O/c1-9-5-2-3-7-13(9)8-4-6-12-10(11)14/h9H,2-8H2,1H3,(H3,11,12,14). The van der Waals surface area contributed by atoms with Crippen molar-refractivity contribution in [2.45, 2.75) is 38.6 Å². The number of primary amides is 1. The average molecular weight is 199 g/mol. The first-order chi connectivity index (χ1) is 6.70. The quantitative estimate of drug-likeness (QED) is 0.661. The molecular formula is C10H21N3O. The van der Waals surface area contributed by atoms with Gasteiger partial charge in [0.15, 0.2) is 0 Å². The predicted octanol–water partition coefficient (Wildman–Crippen LogP) is 0.919. The molecule has 0 aromatic heterocycles. The fraction of sp³-hybridized carbons (Fsp3) is 0.900. The Bertz CT molecular complexity index is 184. The summed E-state index contributed by atoms with van der Waals surface area (Å²) < 4.78 is 0. The Balaban J connectivity index is 2.07. The van der Waals surface area contributed by atoms with Crippen LogP contribution in [0.3, 0.4) is 0 Å². The van der Waals surface area contributed by atoms with E-state index in [1.165, 1.54) is 25.8 Å². The molecule has 1 aliphatic rings. The summed E-state index contributed by atoms with van der Waals surface area (Å²) in [6.07, 6.45) is 4.97. The van der Waals surface area contributed by atoms with Gasteiger partial charge in [0.1, 0.15) is 0 Å². The van der Waals surface area contributed by atoms with Crippen LogP contribution in [0.1, 0.15) is 32.6 Å². The summed E-state index contributed by atoms with van der Waals surface area (Å²) in [5, 5.41) is 2.61. The van der Waals surface area contributed by atoms with E-state index >= 15 is 0 Å². The van der Waals surface area contributed by atoms with Gasteiger partial charge in [0.2, 0.25) is 0 Å². The number of nitrogens with two attached hydrogens (primary N) is 1. The molecule has 1 rings (SSSR count). The van der Waals surface area contributed by atoms with Crippen LogP contribution in [0, 0.1) is 0 Å². The van der Waals surface area contributed by atoms with Crippen LogP contribution >= 0.6 is 0 Å². The van der Waals surface area contributed by atoms with E-state index in [1.54, 1.807) is 0 Å². The highest BCUT2D eigenvalue weighted by atomic mass is 16.2. The van der Waals surface area contributed by atoms with Crippen molar-refractivity contribution in [1.82, 2.24) is 10.2 Å². The van der Waals surface area contributed by atoms with Crippen molar-refractivity contribution in [2.24, 2.45) is 5.73 Å². The number of likely N-dealkylation sites (tertiary alicyclic amines) is 1. The lowest BCUT2D eigenvalue weighted by Crippen LogP contribution is -2.39. The zero-order valence-electron chi connectivity index (χ0n) is 8.96. The van der Waals surface area contributed by atoms with Gasteiger partial charge < -0.3 is 16.0 Å². The maximum Gasteiger partial charge on any atom is 0.312 e. The van der Waals surface area contributed by atoms with E-state index < -0.39 is 6.03 Å². The second-order valence-corrected chi connectivity index (χ2v) is 4.03. The van der Waals surface area contributed by atoms with E-state index in [0.717, 1.165) is 13.0 Å². The Labute approximate surface area is 85.8 Å². The largest absolute Gasteiger partial charge is 0.352 e. The lowest BCUT2D eigenvalue weighted by atomic mass is 10.0. The van der Waals surface area contributed by atoms with Crippen LogP contribution in [-0.2, 0) is 0 Å². The molecule has 0 saturated carbocycles. The number of piperidine rings is 1. The number of nitrogens with one attached hydrogen (secondary N) is 1. The normalized spacial score (nSPS) is 23.4. The highest BCUT2D eigenvalue weighted by Crippen LogP contribution is 2.15. The molecule has 0 aromatic rings. The summed E-state index contributed by atoms with van der Waals surface area (Å²) >= 11 is 0. The van der Waals surface area contributed by atoms with E-state index in [-0.39, 0.29) is 0 Å². The predicted molar refractivity (Wildman–Crippen MR) is 57.1 cm³/mol. The number of nitrogens with zero attached hydrogens (tertiary/aromatic N) is 1. The highest BCUT2D eigenvalue weighted by molar-refractivity contribution is 5.71. The number of amides is 2. The van der Waals surface area contributed by atoms with Crippen LogP contribution < -0.4 is 11.1 Å². The van der Waals surface area contributed by atoms with Gasteiger partial charge in [-0.3, -0.25) is 0 Å². The lowest BCUT2D eigenvalue weighted by molar-refractivity contribution is 0.159. The summed E-state index contributed by atoms with van der Waals surface area (Å²) in [4.78, 5) is 12.9. The summed E-state index contributed by atoms with van der Waals surface area (Å²) in [6, 6.07) is 0.286. The zero-order valence-corrected chi connectivity index (χ0v) is 8.96. The first-order valence-electron chi connectivity index (χ1n) is 5.47. The zero-order chi connectivity index (χ0) is 10.4. The van der Waals surface area contributed by atoms with Crippen LogP contribution in [0.25, 0.3) is 0 Å². The van der Waals surface area contributed by atoms with Gasteiger partial charge in [-0.25, -0.2) is 4.79 Å². The van der Waals surface area contributed by atoms with Gasteiger partial charge in [-0.1, -0.05) is 6.42 Å². The van der Waals surface area contributed by atoms with E-state index in [2.05, 4.69) is 17.1 Å². The number of hydrogen-bond donors (Lipinski definition) is 2. The van der Waals surface area contributed by atoms with Gasteiger partial charge in [0.25, 0.3) is 0 Å². The molecule has 0 bridgehead atoms. The maximum absolute atomic E-state index is 10.4. The van der Waals surface area contributed by atoms with E-state index in [0.29, 0.717) is 12.6 Å². The summed E-state index contributed by atoms with van der Waals surface area (Å²) in [5.74, 6) is 0. The summed E-state index contributed by atoms with van der Waals surface area (Å²) in [5.41, 5.74) is 4.98. The molecule has 1 atom stereocenters. The minimum absolute atomic E-state index is 0.420. The Hall–Kier alpha value is -0.770. The van der Waals surface area contributed by atoms with Crippen LogP contribution in [0.5, 0.6) is 0 Å². The van der Waals surface area contributed by atoms with Crippen molar-refractivity contribution >= 4 is 6.03 Å². The van der Waals surface area contributed by atoms with Gasteiger partial charge in [-0.15, -0.1) is 0 Å². The third kappa shape index (κ3) is 3.96. The number of hydrogen-bond acceptors (Lipinski definition) is 2. The molecule has 4 nitrogen and oxygen atoms in total. The Morgan fingerprint density at radius 2 is 2.36 bits per heavy atom. The highest BCUT2D eigenvalue weighted by Gasteiger charge is 2.16. The SMILES string of the molecule is CC1CCCCN1CCCNC(N)=O. The minimum atomic E-state index is -0.420. The van der Waals surface area contributed by atoms with Crippen molar-refractivity contribution in [3.63, 3.8) is 0 Å². The van der Waals surface area contributed by atoms with Crippen molar-refractivity contribution in [3.05, 3.63) is 0 Å². The van der Waals surface area contributed by atoms with Crippen LogP contribution in [0.2, 0.25) is 0 Å². The smallest absolute Gasteiger partial charge is 0.312 e. The molecule has 0 aliphatic carbocycles.